The second-order valence-corrected chi connectivity index (χ2v) is 7.91. The quantitative estimate of drug-likeness (QED) is 0.676. The van der Waals surface area contributed by atoms with E-state index in [9.17, 15) is 4.79 Å². The van der Waals surface area contributed by atoms with Gasteiger partial charge in [-0.1, -0.05) is 35.5 Å². The second-order valence-electron chi connectivity index (χ2n) is 7.91. The first-order chi connectivity index (χ1) is 13.8. The molecule has 28 heavy (non-hydrogen) atoms. The molecule has 6 nitrogen and oxygen atoms in total. The van der Waals surface area contributed by atoms with Crippen molar-refractivity contribution >= 4 is 5.91 Å². The van der Waals surface area contributed by atoms with Gasteiger partial charge in [0.15, 0.2) is 11.5 Å². The van der Waals surface area contributed by atoms with Gasteiger partial charge < -0.3 is 14.0 Å². The monoisotopic (exact) mass is 376 g/mol. The van der Waals surface area contributed by atoms with Crippen LogP contribution in [0.4, 0.5) is 0 Å². The van der Waals surface area contributed by atoms with E-state index in [1.807, 2.05) is 41.4 Å². The minimum Gasteiger partial charge on any atom is -0.355 e. The van der Waals surface area contributed by atoms with E-state index in [-0.39, 0.29) is 11.8 Å². The molecule has 2 aliphatic rings. The molecule has 3 aromatic rings. The number of piperidine rings is 1. The lowest BCUT2D eigenvalue weighted by atomic mass is 9.96. The van der Waals surface area contributed by atoms with Crippen molar-refractivity contribution in [1.29, 1.82) is 0 Å². The van der Waals surface area contributed by atoms with Gasteiger partial charge in [0.1, 0.15) is 5.82 Å². The zero-order chi connectivity index (χ0) is 18.9. The molecule has 144 valence electrons. The number of rotatable bonds is 5. The summed E-state index contributed by atoms with van der Waals surface area (Å²) in [6.45, 7) is 2.50. The fourth-order valence-electron chi connectivity index (χ4n) is 4.06. The van der Waals surface area contributed by atoms with Crippen LogP contribution in [0.25, 0.3) is 11.3 Å². The highest BCUT2D eigenvalue weighted by Crippen LogP contribution is 2.33. The Morgan fingerprint density at radius 1 is 1.18 bits per heavy atom. The van der Waals surface area contributed by atoms with E-state index in [1.165, 1.54) is 12.8 Å². The smallest absolute Gasteiger partial charge is 0.276 e. The van der Waals surface area contributed by atoms with E-state index < -0.39 is 0 Å². The van der Waals surface area contributed by atoms with Gasteiger partial charge in [0.05, 0.1) is 0 Å². The second kappa shape index (κ2) is 7.26. The Morgan fingerprint density at radius 3 is 2.86 bits per heavy atom. The van der Waals surface area contributed by atoms with Crippen molar-refractivity contribution in [2.75, 3.05) is 13.1 Å². The van der Waals surface area contributed by atoms with Crippen LogP contribution in [0.5, 0.6) is 0 Å². The lowest BCUT2D eigenvalue weighted by molar-refractivity contribution is 0.0692. The van der Waals surface area contributed by atoms with Crippen molar-refractivity contribution in [3.8, 4) is 11.3 Å². The fourth-order valence-corrected chi connectivity index (χ4v) is 4.06. The molecule has 2 aromatic heterocycles. The van der Waals surface area contributed by atoms with Crippen LogP contribution in [0.15, 0.2) is 53.3 Å². The maximum absolute atomic E-state index is 13.0. The molecule has 5 rings (SSSR count). The van der Waals surface area contributed by atoms with Gasteiger partial charge in [-0.25, -0.2) is 4.98 Å². The molecule has 0 N–H and O–H groups in total. The minimum atomic E-state index is -0.0593. The van der Waals surface area contributed by atoms with Crippen LogP contribution in [-0.2, 0) is 6.54 Å². The lowest BCUT2D eigenvalue weighted by Gasteiger charge is -2.32. The average Bonchev–Trinajstić information content (AvgIpc) is 3.23. The van der Waals surface area contributed by atoms with Crippen LogP contribution in [0.3, 0.4) is 0 Å². The summed E-state index contributed by atoms with van der Waals surface area (Å²) >= 11 is 0. The molecular weight excluding hydrogens is 352 g/mol. The summed E-state index contributed by atoms with van der Waals surface area (Å²) in [5.74, 6) is 2.77. The van der Waals surface area contributed by atoms with Gasteiger partial charge in [-0.05, 0) is 31.6 Å². The van der Waals surface area contributed by atoms with Crippen molar-refractivity contribution < 1.29 is 9.32 Å². The third kappa shape index (κ3) is 3.46. The molecule has 0 spiro atoms. The number of likely N-dealkylation sites (tertiary alicyclic amines) is 1. The highest BCUT2D eigenvalue weighted by atomic mass is 16.5. The first-order valence-corrected chi connectivity index (χ1v) is 10.1. The van der Waals surface area contributed by atoms with Crippen LogP contribution < -0.4 is 0 Å². The number of carbonyl (C=O) groups excluding carboxylic acids is 1. The Labute approximate surface area is 164 Å². The van der Waals surface area contributed by atoms with Crippen molar-refractivity contribution in [3.05, 3.63) is 60.3 Å². The molecule has 0 radical (unpaired) electrons. The Morgan fingerprint density at radius 2 is 2.04 bits per heavy atom. The summed E-state index contributed by atoms with van der Waals surface area (Å²) in [5.41, 5.74) is 1.30. The Hall–Kier alpha value is -2.89. The fraction of sp³-hybridized carbons (Fsp3) is 0.409. The summed E-state index contributed by atoms with van der Waals surface area (Å²) in [6, 6.07) is 11.5. The normalized spacial score (nSPS) is 19.7. The summed E-state index contributed by atoms with van der Waals surface area (Å²) < 4.78 is 7.71. The maximum atomic E-state index is 13.0. The van der Waals surface area contributed by atoms with E-state index in [1.54, 1.807) is 6.07 Å². The molecule has 3 heterocycles. The number of hydrogen-bond acceptors (Lipinski definition) is 4. The highest BCUT2D eigenvalue weighted by molar-refractivity contribution is 5.93. The number of aromatic nitrogens is 3. The molecule has 1 amide bonds. The summed E-state index contributed by atoms with van der Waals surface area (Å²) in [4.78, 5) is 19.5. The number of amides is 1. The Bertz CT molecular complexity index is 958. The van der Waals surface area contributed by atoms with Gasteiger partial charge in [-0.2, -0.15) is 0 Å². The molecule has 0 bridgehead atoms. The predicted molar refractivity (Wildman–Crippen MR) is 105 cm³/mol. The third-order valence-electron chi connectivity index (χ3n) is 5.76. The van der Waals surface area contributed by atoms with Crippen LogP contribution in [0.1, 0.15) is 47.9 Å². The van der Waals surface area contributed by atoms with Gasteiger partial charge >= 0.3 is 0 Å². The lowest BCUT2D eigenvalue weighted by Crippen LogP contribution is -2.40. The maximum Gasteiger partial charge on any atom is 0.276 e. The number of imidazole rings is 1. The SMILES string of the molecule is O=C(c1cc(-c2ccccc2)on1)N1CCCC(c2nccn2CC2CC2)C1. The van der Waals surface area contributed by atoms with E-state index >= 15 is 0 Å². The average molecular weight is 376 g/mol. The molecule has 1 unspecified atom stereocenters. The van der Waals surface area contributed by atoms with Crippen molar-refractivity contribution in [3.63, 3.8) is 0 Å². The number of carbonyl (C=O) groups is 1. The molecule has 1 saturated heterocycles. The molecule has 1 aliphatic heterocycles. The Kier molecular flexibility index (Phi) is 4.47. The molecule has 1 aliphatic carbocycles. The molecule has 1 saturated carbocycles. The number of benzene rings is 1. The predicted octanol–water partition coefficient (Wildman–Crippen LogP) is 3.97. The highest BCUT2D eigenvalue weighted by Gasteiger charge is 2.30. The zero-order valence-electron chi connectivity index (χ0n) is 15.8. The molecule has 1 atom stereocenters. The van der Waals surface area contributed by atoms with Gasteiger partial charge in [0.25, 0.3) is 5.91 Å². The molecule has 2 fully saturated rings. The van der Waals surface area contributed by atoms with Crippen LogP contribution in [-0.4, -0.2) is 38.6 Å². The molecule has 6 heteroatoms. The van der Waals surface area contributed by atoms with Crippen LogP contribution in [0, 0.1) is 5.92 Å². The van der Waals surface area contributed by atoms with Crippen LogP contribution >= 0.6 is 0 Å². The van der Waals surface area contributed by atoms with Gasteiger partial charge in [-0.15, -0.1) is 0 Å². The van der Waals surface area contributed by atoms with E-state index in [0.717, 1.165) is 43.2 Å². The molecular formula is C22H24N4O2. The van der Waals surface area contributed by atoms with E-state index in [2.05, 4.69) is 20.9 Å². The largest absolute Gasteiger partial charge is 0.355 e. The zero-order valence-corrected chi connectivity index (χ0v) is 15.8. The minimum absolute atomic E-state index is 0.0593. The topological polar surface area (TPSA) is 64.2 Å². The standard InChI is InChI=1S/C22H24N4O2/c27-22(19-13-20(28-24-19)17-5-2-1-3-6-17)26-11-4-7-18(15-26)21-23-10-12-25(21)14-16-8-9-16/h1-3,5-6,10,12-13,16,18H,4,7-9,11,14-15H2. The first kappa shape index (κ1) is 17.2. The summed E-state index contributed by atoms with van der Waals surface area (Å²) in [7, 11) is 0. The van der Waals surface area contributed by atoms with Crippen molar-refractivity contribution in [1.82, 2.24) is 19.6 Å². The van der Waals surface area contributed by atoms with Crippen molar-refractivity contribution in [2.24, 2.45) is 5.92 Å². The van der Waals surface area contributed by atoms with Crippen LogP contribution in [0.2, 0.25) is 0 Å². The third-order valence-corrected chi connectivity index (χ3v) is 5.76. The van der Waals surface area contributed by atoms with Gasteiger partial charge in [0.2, 0.25) is 0 Å². The van der Waals surface area contributed by atoms with E-state index in [4.69, 9.17) is 4.52 Å². The first-order valence-electron chi connectivity index (χ1n) is 10.1. The number of hydrogen-bond donors (Lipinski definition) is 0. The summed E-state index contributed by atoms with van der Waals surface area (Å²) in [5, 5.41) is 4.03. The summed E-state index contributed by atoms with van der Waals surface area (Å²) in [6.07, 6.45) is 8.67. The van der Waals surface area contributed by atoms with Gasteiger partial charge in [-0.3, -0.25) is 4.79 Å². The van der Waals surface area contributed by atoms with Crippen molar-refractivity contribution in [2.45, 2.75) is 38.1 Å². The van der Waals surface area contributed by atoms with E-state index in [0.29, 0.717) is 18.0 Å². The molecule has 1 aromatic carbocycles. The number of nitrogens with zero attached hydrogens (tertiary/aromatic N) is 4. The Balaban J connectivity index is 1.30. The van der Waals surface area contributed by atoms with Gasteiger partial charge in [0, 0.05) is 49.6 Å².